The van der Waals surface area contributed by atoms with Gasteiger partial charge in [0.1, 0.15) is 0 Å². The number of aliphatic hydroxyl groups is 1. The summed E-state index contributed by atoms with van der Waals surface area (Å²) in [4.78, 5) is 0. The van der Waals surface area contributed by atoms with Gasteiger partial charge in [0.15, 0.2) is 0 Å². The number of benzene rings is 1. The van der Waals surface area contributed by atoms with Crippen LogP contribution in [0.25, 0.3) is 0 Å². The number of hydrogen-bond donors (Lipinski definition) is 1. The van der Waals surface area contributed by atoms with Crippen LogP contribution < -0.4 is 0 Å². The Morgan fingerprint density at radius 2 is 1.44 bits per heavy atom. The van der Waals surface area contributed by atoms with Crippen LogP contribution in [0.2, 0.25) is 0 Å². The summed E-state index contributed by atoms with van der Waals surface area (Å²) in [6.07, 6.45) is 5.92. The van der Waals surface area contributed by atoms with Crippen LogP contribution in [0.4, 0.5) is 0 Å². The molecule has 1 aromatic rings. The Kier molecular flexibility index (Phi) is 10.1. The van der Waals surface area contributed by atoms with Gasteiger partial charge in [-0.2, -0.15) is 0 Å². The largest absolute Gasteiger partial charge is 0.393 e. The van der Waals surface area contributed by atoms with E-state index in [0.717, 1.165) is 12.8 Å². The van der Waals surface area contributed by atoms with Crippen molar-refractivity contribution in [2.75, 3.05) is 0 Å². The Morgan fingerprint density at radius 3 is 1.69 bits per heavy atom. The summed E-state index contributed by atoms with van der Waals surface area (Å²) in [6.45, 7) is 6.08. The van der Waals surface area contributed by atoms with E-state index in [2.05, 4.69) is 19.1 Å². The SMILES string of the molecule is CC.Cc1ccccc1.OC1CCCCC1. The fourth-order valence-electron chi connectivity index (χ4n) is 1.62. The lowest BCUT2D eigenvalue weighted by Crippen LogP contribution is -2.09. The van der Waals surface area contributed by atoms with Gasteiger partial charge in [0.05, 0.1) is 6.10 Å². The predicted octanol–water partition coefficient (Wildman–Crippen LogP) is 4.33. The molecule has 16 heavy (non-hydrogen) atoms. The van der Waals surface area contributed by atoms with Gasteiger partial charge in [-0.3, -0.25) is 0 Å². The number of aryl methyl sites for hydroxylation is 1. The Labute approximate surface area is 101 Å². The summed E-state index contributed by atoms with van der Waals surface area (Å²) in [7, 11) is 0. The molecular weight excluding hydrogens is 196 g/mol. The molecule has 0 unspecified atom stereocenters. The van der Waals surface area contributed by atoms with E-state index < -0.39 is 0 Å². The highest BCUT2D eigenvalue weighted by Gasteiger charge is 2.07. The Balaban J connectivity index is 0.000000244. The zero-order valence-electron chi connectivity index (χ0n) is 10.9. The van der Waals surface area contributed by atoms with Crippen LogP contribution in [0.3, 0.4) is 0 Å². The van der Waals surface area contributed by atoms with Crippen molar-refractivity contribution in [3.63, 3.8) is 0 Å². The monoisotopic (exact) mass is 222 g/mol. The molecule has 92 valence electrons. The van der Waals surface area contributed by atoms with E-state index in [1.807, 2.05) is 32.0 Å². The second-order valence-electron chi connectivity index (χ2n) is 3.95. The molecule has 1 aliphatic carbocycles. The second-order valence-corrected chi connectivity index (χ2v) is 3.95. The van der Waals surface area contributed by atoms with Crippen molar-refractivity contribution in [1.82, 2.24) is 0 Å². The van der Waals surface area contributed by atoms with Crippen LogP contribution in [-0.4, -0.2) is 11.2 Å². The molecular formula is C15H26O. The van der Waals surface area contributed by atoms with Crippen molar-refractivity contribution in [1.29, 1.82) is 0 Å². The van der Waals surface area contributed by atoms with Crippen molar-refractivity contribution >= 4 is 0 Å². The molecule has 0 aromatic heterocycles. The van der Waals surface area contributed by atoms with Crippen LogP contribution in [0, 0.1) is 6.92 Å². The average molecular weight is 222 g/mol. The summed E-state index contributed by atoms with van der Waals surface area (Å²) < 4.78 is 0. The molecule has 1 saturated carbocycles. The third-order valence-electron chi connectivity index (χ3n) is 2.52. The van der Waals surface area contributed by atoms with Crippen LogP contribution in [-0.2, 0) is 0 Å². The molecule has 1 nitrogen and oxygen atoms in total. The lowest BCUT2D eigenvalue weighted by Gasteiger charge is -2.14. The van der Waals surface area contributed by atoms with E-state index in [9.17, 15) is 0 Å². The Morgan fingerprint density at radius 1 is 0.938 bits per heavy atom. The topological polar surface area (TPSA) is 20.2 Å². The molecule has 0 saturated heterocycles. The van der Waals surface area contributed by atoms with Gasteiger partial charge < -0.3 is 5.11 Å². The molecule has 0 spiro atoms. The van der Waals surface area contributed by atoms with Gasteiger partial charge in [0.2, 0.25) is 0 Å². The van der Waals surface area contributed by atoms with Gasteiger partial charge in [0, 0.05) is 0 Å². The zero-order valence-corrected chi connectivity index (χ0v) is 10.9. The second kappa shape index (κ2) is 10.7. The molecule has 0 atom stereocenters. The molecule has 0 heterocycles. The average Bonchev–Trinajstić information content (AvgIpc) is 2.34. The Bertz CT molecular complexity index is 224. The lowest BCUT2D eigenvalue weighted by molar-refractivity contribution is 0.130. The number of hydrogen-bond acceptors (Lipinski definition) is 1. The lowest BCUT2D eigenvalue weighted by atomic mass is 9.98. The number of aliphatic hydroxyl groups excluding tert-OH is 1. The summed E-state index contributed by atoms with van der Waals surface area (Å²) in [5.74, 6) is 0. The molecule has 1 aliphatic rings. The zero-order chi connectivity index (χ0) is 12.2. The van der Waals surface area contributed by atoms with Gasteiger partial charge in [0.25, 0.3) is 0 Å². The minimum atomic E-state index is 0.0359. The first-order valence-electron chi connectivity index (χ1n) is 6.49. The van der Waals surface area contributed by atoms with E-state index in [1.54, 1.807) is 0 Å². The normalized spacial score (nSPS) is 15.2. The van der Waals surface area contributed by atoms with E-state index in [4.69, 9.17) is 5.11 Å². The van der Waals surface area contributed by atoms with Crippen LogP contribution in [0.5, 0.6) is 0 Å². The molecule has 0 radical (unpaired) electrons. The summed E-state index contributed by atoms with van der Waals surface area (Å²) >= 11 is 0. The summed E-state index contributed by atoms with van der Waals surface area (Å²) in [6, 6.07) is 10.3. The molecule has 1 fully saturated rings. The van der Waals surface area contributed by atoms with Crippen molar-refractivity contribution in [3.05, 3.63) is 35.9 Å². The fraction of sp³-hybridized carbons (Fsp3) is 0.600. The maximum Gasteiger partial charge on any atom is 0.0540 e. The van der Waals surface area contributed by atoms with Crippen molar-refractivity contribution in [2.24, 2.45) is 0 Å². The fourth-order valence-corrected chi connectivity index (χ4v) is 1.62. The van der Waals surface area contributed by atoms with Crippen LogP contribution in [0.15, 0.2) is 30.3 Å². The minimum Gasteiger partial charge on any atom is -0.393 e. The van der Waals surface area contributed by atoms with Gasteiger partial charge in [-0.25, -0.2) is 0 Å². The van der Waals surface area contributed by atoms with Crippen molar-refractivity contribution in [3.8, 4) is 0 Å². The standard InChI is InChI=1S/C7H8.C6H12O.C2H6/c1-7-5-3-2-4-6-7;7-6-4-2-1-3-5-6;1-2/h2-6H,1H3;6-7H,1-5H2;1-2H3. The van der Waals surface area contributed by atoms with E-state index in [-0.39, 0.29) is 6.10 Å². The minimum absolute atomic E-state index is 0.0359. The first-order valence-corrected chi connectivity index (χ1v) is 6.49. The highest BCUT2D eigenvalue weighted by molar-refractivity contribution is 5.11. The maximum atomic E-state index is 8.91. The quantitative estimate of drug-likeness (QED) is 0.692. The van der Waals surface area contributed by atoms with Crippen molar-refractivity contribution in [2.45, 2.75) is 59.0 Å². The highest BCUT2D eigenvalue weighted by Crippen LogP contribution is 2.16. The predicted molar refractivity (Wildman–Crippen MR) is 71.6 cm³/mol. The van der Waals surface area contributed by atoms with E-state index >= 15 is 0 Å². The third-order valence-corrected chi connectivity index (χ3v) is 2.52. The highest BCUT2D eigenvalue weighted by atomic mass is 16.3. The van der Waals surface area contributed by atoms with Gasteiger partial charge in [-0.05, 0) is 19.8 Å². The first kappa shape index (κ1) is 15.2. The molecule has 0 bridgehead atoms. The van der Waals surface area contributed by atoms with Crippen molar-refractivity contribution < 1.29 is 5.11 Å². The molecule has 0 aliphatic heterocycles. The first-order chi connectivity index (χ1) is 7.79. The maximum absolute atomic E-state index is 8.91. The molecule has 0 amide bonds. The Hall–Kier alpha value is -0.820. The smallest absolute Gasteiger partial charge is 0.0540 e. The van der Waals surface area contributed by atoms with Crippen LogP contribution >= 0.6 is 0 Å². The summed E-state index contributed by atoms with van der Waals surface area (Å²) in [5, 5.41) is 8.91. The molecule has 1 heteroatoms. The van der Waals surface area contributed by atoms with E-state index in [1.165, 1.54) is 24.8 Å². The molecule has 1 N–H and O–H groups in total. The molecule has 1 aromatic carbocycles. The van der Waals surface area contributed by atoms with Gasteiger partial charge in [-0.15, -0.1) is 0 Å². The van der Waals surface area contributed by atoms with Gasteiger partial charge >= 0.3 is 0 Å². The summed E-state index contributed by atoms with van der Waals surface area (Å²) in [5.41, 5.74) is 1.32. The third kappa shape index (κ3) is 8.49. The van der Waals surface area contributed by atoms with Crippen LogP contribution in [0.1, 0.15) is 51.5 Å². The van der Waals surface area contributed by atoms with E-state index in [0.29, 0.717) is 0 Å². The number of rotatable bonds is 0. The van der Waals surface area contributed by atoms with Gasteiger partial charge in [-0.1, -0.05) is 69.0 Å². The molecule has 2 rings (SSSR count).